The van der Waals surface area contributed by atoms with Gasteiger partial charge in [0.2, 0.25) is 0 Å². The Morgan fingerprint density at radius 2 is 1.79 bits per heavy atom. The molecule has 4 heteroatoms. The van der Waals surface area contributed by atoms with Gasteiger partial charge in [0.05, 0.1) is 20.3 Å². The zero-order chi connectivity index (χ0) is 16.9. The fourth-order valence-corrected chi connectivity index (χ4v) is 3.78. The van der Waals surface area contributed by atoms with Gasteiger partial charge in [0.15, 0.2) is 11.5 Å². The first-order valence-electron chi connectivity index (χ1n) is 8.38. The first-order chi connectivity index (χ1) is 11.8. The molecule has 0 aromatic heterocycles. The molecule has 1 unspecified atom stereocenters. The topological polar surface area (TPSA) is 21.7 Å². The summed E-state index contributed by atoms with van der Waals surface area (Å²) in [6.07, 6.45) is 2.19. The molecule has 0 amide bonds. The molecule has 0 N–H and O–H groups in total. The highest BCUT2D eigenvalue weighted by Gasteiger charge is 2.29. The lowest BCUT2D eigenvalue weighted by molar-refractivity contribution is 0.213. The van der Waals surface area contributed by atoms with Gasteiger partial charge >= 0.3 is 0 Å². The summed E-state index contributed by atoms with van der Waals surface area (Å²) in [5.74, 6) is 1.62. The molecule has 24 heavy (non-hydrogen) atoms. The predicted octanol–water partition coefficient (Wildman–Crippen LogP) is 4.44. The standard InChI is InChI=1S/C20H24BrNO2/c1-23-18-13-16-9-12-22(11-6-10-21)20(15-7-4-3-5-8-15)17(16)14-19(18)24-2/h3-5,7-8,13-14,20H,6,9-12H2,1-2H3. The van der Waals surface area contributed by atoms with Gasteiger partial charge in [-0.15, -0.1) is 0 Å². The van der Waals surface area contributed by atoms with Crippen molar-refractivity contribution in [1.82, 2.24) is 4.90 Å². The Bertz CT molecular complexity index is 675. The number of ether oxygens (including phenoxy) is 2. The van der Waals surface area contributed by atoms with E-state index in [0.717, 1.165) is 42.8 Å². The molecule has 0 fully saturated rings. The van der Waals surface area contributed by atoms with Crippen LogP contribution in [0.5, 0.6) is 11.5 Å². The third-order valence-electron chi connectivity index (χ3n) is 4.67. The number of halogens is 1. The van der Waals surface area contributed by atoms with E-state index in [1.807, 2.05) is 0 Å². The van der Waals surface area contributed by atoms with Crippen LogP contribution in [0.1, 0.15) is 29.2 Å². The molecule has 0 aliphatic carbocycles. The SMILES string of the molecule is COc1cc2c(cc1OC)C(c1ccccc1)N(CCCBr)CC2. The average molecular weight is 390 g/mol. The summed E-state index contributed by atoms with van der Waals surface area (Å²) in [4.78, 5) is 2.57. The Morgan fingerprint density at radius 3 is 2.46 bits per heavy atom. The maximum Gasteiger partial charge on any atom is 0.161 e. The molecular formula is C20H24BrNO2. The van der Waals surface area contributed by atoms with E-state index < -0.39 is 0 Å². The van der Waals surface area contributed by atoms with Crippen LogP contribution in [0.4, 0.5) is 0 Å². The minimum atomic E-state index is 0.272. The Morgan fingerprint density at radius 1 is 1.08 bits per heavy atom. The molecule has 0 bridgehead atoms. The van der Waals surface area contributed by atoms with Crippen molar-refractivity contribution in [3.05, 3.63) is 59.2 Å². The number of hydrogen-bond acceptors (Lipinski definition) is 3. The molecular weight excluding hydrogens is 366 g/mol. The molecule has 1 heterocycles. The number of hydrogen-bond donors (Lipinski definition) is 0. The van der Waals surface area contributed by atoms with Crippen molar-refractivity contribution in [2.75, 3.05) is 32.6 Å². The molecule has 2 aromatic carbocycles. The van der Waals surface area contributed by atoms with Crippen LogP contribution in [0.2, 0.25) is 0 Å². The summed E-state index contributed by atoms with van der Waals surface area (Å²) < 4.78 is 11.0. The molecule has 3 nitrogen and oxygen atoms in total. The highest BCUT2D eigenvalue weighted by Crippen LogP contribution is 2.40. The largest absolute Gasteiger partial charge is 0.493 e. The van der Waals surface area contributed by atoms with Gasteiger partial charge in [-0.05, 0) is 48.2 Å². The minimum absolute atomic E-state index is 0.272. The van der Waals surface area contributed by atoms with E-state index in [2.05, 4.69) is 63.3 Å². The average Bonchev–Trinajstić information content (AvgIpc) is 2.65. The van der Waals surface area contributed by atoms with E-state index in [-0.39, 0.29) is 6.04 Å². The van der Waals surface area contributed by atoms with E-state index in [4.69, 9.17) is 9.47 Å². The summed E-state index contributed by atoms with van der Waals surface area (Å²) >= 11 is 3.56. The van der Waals surface area contributed by atoms with Crippen molar-refractivity contribution in [1.29, 1.82) is 0 Å². The fourth-order valence-electron chi connectivity index (χ4n) is 3.53. The summed E-state index contributed by atoms with van der Waals surface area (Å²) in [5.41, 5.74) is 4.02. The van der Waals surface area contributed by atoms with Crippen molar-refractivity contribution in [3.8, 4) is 11.5 Å². The number of rotatable bonds is 6. The van der Waals surface area contributed by atoms with Gasteiger partial charge in [0.1, 0.15) is 0 Å². The number of fused-ring (bicyclic) bond motifs is 1. The molecule has 1 atom stereocenters. The Kier molecular flexibility index (Phi) is 5.80. The van der Waals surface area contributed by atoms with Gasteiger partial charge in [-0.1, -0.05) is 46.3 Å². The number of nitrogens with zero attached hydrogens (tertiary/aromatic N) is 1. The minimum Gasteiger partial charge on any atom is -0.493 e. The zero-order valence-corrected chi connectivity index (χ0v) is 15.9. The van der Waals surface area contributed by atoms with E-state index in [1.54, 1.807) is 14.2 Å². The van der Waals surface area contributed by atoms with Crippen molar-refractivity contribution in [2.45, 2.75) is 18.9 Å². The molecule has 1 aliphatic heterocycles. The fraction of sp³-hybridized carbons (Fsp3) is 0.400. The lowest BCUT2D eigenvalue weighted by atomic mass is 9.87. The van der Waals surface area contributed by atoms with Crippen LogP contribution in [0.25, 0.3) is 0 Å². The second-order valence-corrected chi connectivity index (χ2v) is 6.84. The normalized spacial score (nSPS) is 17.4. The summed E-state index contributed by atoms with van der Waals surface area (Å²) in [5, 5.41) is 1.03. The Hall–Kier alpha value is -1.52. The van der Waals surface area contributed by atoms with E-state index in [9.17, 15) is 0 Å². The second-order valence-electron chi connectivity index (χ2n) is 6.05. The third-order valence-corrected chi connectivity index (χ3v) is 5.23. The number of alkyl halides is 1. The summed E-state index contributed by atoms with van der Waals surface area (Å²) in [6.45, 7) is 2.15. The highest BCUT2D eigenvalue weighted by molar-refractivity contribution is 9.09. The van der Waals surface area contributed by atoms with Gasteiger partial charge in [0.25, 0.3) is 0 Å². The van der Waals surface area contributed by atoms with Crippen LogP contribution < -0.4 is 9.47 Å². The molecule has 1 aliphatic rings. The van der Waals surface area contributed by atoms with Gasteiger partial charge < -0.3 is 9.47 Å². The smallest absolute Gasteiger partial charge is 0.161 e. The quantitative estimate of drug-likeness (QED) is 0.681. The molecule has 0 spiro atoms. The molecule has 0 saturated heterocycles. The number of benzene rings is 2. The first-order valence-corrected chi connectivity index (χ1v) is 9.50. The van der Waals surface area contributed by atoms with Crippen molar-refractivity contribution >= 4 is 15.9 Å². The van der Waals surface area contributed by atoms with Crippen LogP contribution in [-0.2, 0) is 6.42 Å². The van der Waals surface area contributed by atoms with Gasteiger partial charge in [-0.3, -0.25) is 4.90 Å². The molecule has 0 saturated carbocycles. The lowest BCUT2D eigenvalue weighted by Crippen LogP contribution is -2.37. The molecule has 3 rings (SSSR count). The van der Waals surface area contributed by atoms with Crippen LogP contribution in [0, 0.1) is 0 Å². The van der Waals surface area contributed by atoms with E-state index in [0.29, 0.717) is 0 Å². The molecule has 0 radical (unpaired) electrons. The zero-order valence-electron chi connectivity index (χ0n) is 14.3. The van der Waals surface area contributed by atoms with Crippen LogP contribution in [0.15, 0.2) is 42.5 Å². The second kappa shape index (κ2) is 8.04. The van der Waals surface area contributed by atoms with Crippen LogP contribution in [0.3, 0.4) is 0 Å². The van der Waals surface area contributed by atoms with E-state index >= 15 is 0 Å². The summed E-state index contributed by atoms with van der Waals surface area (Å²) in [7, 11) is 3.40. The monoisotopic (exact) mass is 389 g/mol. The highest BCUT2D eigenvalue weighted by atomic mass is 79.9. The molecule has 2 aromatic rings. The van der Waals surface area contributed by atoms with Crippen molar-refractivity contribution in [3.63, 3.8) is 0 Å². The van der Waals surface area contributed by atoms with Crippen molar-refractivity contribution in [2.24, 2.45) is 0 Å². The first kappa shape index (κ1) is 17.3. The van der Waals surface area contributed by atoms with Gasteiger partial charge in [-0.2, -0.15) is 0 Å². The Labute approximate surface area is 152 Å². The number of methoxy groups -OCH3 is 2. The Balaban J connectivity index is 2.07. The summed E-state index contributed by atoms with van der Waals surface area (Å²) in [6, 6.07) is 15.3. The van der Waals surface area contributed by atoms with E-state index in [1.165, 1.54) is 16.7 Å². The molecule has 128 valence electrons. The van der Waals surface area contributed by atoms with Crippen LogP contribution in [-0.4, -0.2) is 37.5 Å². The van der Waals surface area contributed by atoms with Gasteiger partial charge in [0, 0.05) is 11.9 Å². The lowest BCUT2D eigenvalue weighted by Gasteiger charge is -2.38. The van der Waals surface area contributed by atoms with Crippen LogP contribution >= 0.6 is 15.9 Å². The maximum atomic E-state index is 5.55. The van der Waals surface area contributed by atoms with Crippen molar-refractivity contribution < 1.29 is 9.47 Å². The predicted molar refractivity (Wildman–Crippen MR) is 102 cm³/mol. The van der Waals surface area contributed by atoms with Gasteiger partial charge in [-0.25, -0.2) is 0 Å². The maximum absolute atomic E-state index is 5.55. The third kappa shape index (κ3) is 3.45.